The molecule has 0 radical (unpaired) electrons. The molecule has 0 spiro atoms. The minimum absolute atomic E-state index is 0.260. The second-order valence-corrected chi connectivity index (χ2v) is 6.08. The van der Waals surface area contributed by atoms with Crippen LogP contribution in [0.1, 0.15) is 29.8 Å². The Morgan fingerprint density at radius 2 is 2.20 bits per heavy atom. The van der Waals surface area contributed by atoms with E-state index in [1.165, 1.54) is 4.88 Å². The van der Waals surface area contributed by atoms with E-state index in [0.29, 0.717) is 0 Å². The van der Waals surface area contributed by atoms with Crippen molar-refractivity contribution in [2.45, 2.75) is 25.8 Å². The van der Waals surface area contributed by atoms with E-state index in [2.05, 4.69) is 29.8 Å². The molecule has 1 aromatic heterocycles. The molecule has 2 rings (SSSR count). The summed E-state index contributed by atoms with van der Waals surface area (Å²) in [5.41, 5.74) is 1.14. The standard InChI is InChI=1S/C16H20ClNOS/c1-3-18-15(8-7-13-5-4-10-20-13)14-11-12(17)6-9-16(14)19-2/h4-6,9-11,15,18H,3,7-8H2,1-2H3. The minimum atomic E-state index is 0.260. The van der Waals surface area contributed by atoms with Crippen LogP contribution in [-0.2, 0) is 6.42 Å². The Labute approximate surface area is 129 Å². The highest BCUT2D eigenvalue weighted by Gasteiger charge is 2.16. The fourth-order valence-electron chi connectivity index (χ4n) is 2.33. The number of halogens is 1. The van der Waals surface area contributed by atoms with E-state index in [9.17, 15) is 0 Å². The molecule has 20 heavy (non-hydrogen) atoms. The smallest absolute Gasteiger partial charge is 0.123 e. The molecule has 1 atom stereocenters. The van der Waals surface area contributed by atoms with Crippen LogP contribution in [0.5, 0.6) is 5.75 Å². The van der Waals surface area contributed by atoms with Gasteiger partial charge in [-0.15, -0.1) is 11.3 Å². The highest BCUT2D eigenvalue weighted by atomic mass is 35.5. The van der Waals surface area contributed by atoms with E-state index in [1.54, 1.807) is 18.4 Å². The number of nitrogens with one attached hydrogen (secondary N) is 1. The number of benzene rings is 1. The summed E-state index contributed by atoms with van der Waals surface area (Å²) in [7, 11) is 1.70. The minimum Gasteiger partial charge on any atom is -0.496 e. The Bertz CT molecular complexity index is 527. The maximum Gasteiger partial charge on any atom is 0.123 e. The third-order valence-corrected chi connectivity index (χ3v) is 4.45. The molecule has 2 nitrogen and oxygen atoms in total. The number of hydrogen-bond donors (Lipinski definition) is 1. The summed E-state index contributed by atoms with van der Waals surface area (Å²) in [6.07, 6.45) is 2.09. The number of aryl methyl sites for hydroxylation is 1. The summed E-state index contributed by atoms with van der Waals surface area (Å²) in [4.78, 5) is 1.41. The van der Waals surface area contributed by atoms with Crippen molar-refractivity contribution in [3.63, 3.8) is 0 Å². The van der Waals surface area contributed by atoms with Gasteiger partial charge in [0.05, 0.1) is 7.11 Å². The third kappa shape index (κ3) is 3.98. The number of thiophene rings is 1. The number of methoxy groups -OCH3 is 1. The molecule has 1 heterocycles. The molecular formula is C16H20ClNOS. The second-order valence-electron chi connectivity index (χ2n) is 4.61. The lowest BCUT2D eigenvalue weighted by Gasteiger charge is -2.21. The quantitative estimate of drug-likeness (QED) is 0.801. The van der Waals surface area contributed by atoms with Crippen molar-refractivity contribution in [3.05, 3.63) is 51.2 Å². The van der Waals surface area contributed by atoms with Gasteiger partial charge in [-0.3, -0.25) is 0 Å². The van der Waals surface area contributed by atoms with Crippen molar-refractivity contribution in [1.82, 2.24) is 5.32 Å². The molecule has 1 unspecified atom stereocenters. The van der Waals surface area contributed by atoms with E-state index in [-0.39, 0.29) is 6.04 Å². The molecule has 0 saturated heterocycles. The van der Waals surface area contributed by atoms with Crippen LogP contribution in [0.25, 0.3) is 0 Å². The summed E-state index contributed by atoms with van der Waals surface area (Å²) in [6.45, 7) is 3.04. The fourth-order valence-corrected chi connectivity index (χ4v) is 3.24. The Morgan fingerprint density at radius 1 is 1.35 bits per heavy atom. The Hall–Kier alpha value is -1.03. The van der Waals surface area contributed by atoms with Crippen molar-refractivity contribution >= 4 is 22.9 Å². The van der Waals surface area contributed by atoms with Crippen LogP contribution < -0.4 is 10.1 Å². The average Bonchev–Trinajstić information content (AvgIpc) is 2.96. The first-order chi connectivity index (χ1) is 9.74. The van der Waals surface area contributed by atoms with E-state index in [4.69, 9.17) is 16.3 Å². The predicted molar refractivity (Wildman–Crippen MR) is 87.1 cm³/mol. The van der Waals surface area contributed by atoms with Crippen LogP contribution >= 0.6 is 22.9 Å². The fraction of sp³-hybridized carbons (Fsp3) is 0.375. The average molecular weight is 310 g/mol. The first kappa shape index (κ1) is 15.4. The third-order valence-electron chi connectivity index (χ3n) is 3.28. The van der Waals surface area contributed by atoms with Gasteiger partial charge in [0.1, 0.15) is 5.75 Å². The van der Waals surface area contributed by atoms with Gasteiger partial charge < -0.3 is 10.1 Å². The summed E-state index contributed by atoms with van der Waals surface area (Å²) in [5.74, 6) is 0.895. The number of rotatable bonds is 7. The van der Waals surface area contributed by atoms with Gasteiger partial charge in [0, 0.05) is 21.5 Å². The Kier molecular flexibility index (Phi) is 5.89. The highest BCUT2D eigenvalue weighted by Crippen LogP contribution is 2.31. The molecule has 1 N–H and O–H groups in total. The predicted octanol–water partition coefficient (Wildman–Crippen LogP) is 4.69. The summed E-state index contributed by atoms with van der Waals surface area (Å²) in [6, 6.07) is 10.3. The van der Waals surface area contributed by atoms with E-state index in [0.717, 1.165) is 35.7 Å². The Morgan fingerprint density at radius 3 is 2.85 bits per heavy atom. The summed E-state index contributed by atoms with van der Waals surface area (Å²) < 4.78 is 5.47. The SMILES string of the molecule is CCNC(CCc1cccs1)c1cc(Cl)ccc1OC. The van der Waals surface area contributed by atoms with Gasteiger partial charge in [-0.1, -0.05) is 24.6 Å². The molecule has 0 aliphatic carbocycles. The van der Waals surface area contributed by atoms with Gasteiger partial charge in [0.25, 0.3) is 0 Å². The molecule has 4 heteroatoms. The van der Waals surface area contributed by atoms with Crippen molar-refractivity contribution in [3.8, 4) is 5.75 Å². The normalized spacial score (nSPS) is 12.3. The zero-order chi connectivity index (χ0) is 14.4. The molecule has 0 aliphatic heterocycles. The van der Waals surface area contributed by atoms with Crippen LogP contribution in [0.15, 0.2) is 35.7 Å². The van der Waals surface area contributed by atoms with Crippen LogP contribution in [0.2, 0.25) is 5.02 Å². The lowest BCUT2D eigenvalue weighted by molar-refractivity contribution is 0.396. The largest absolute Gasteiger partial charge is 0.496 e. The van der Waals surface area contributed by atoms with Crippen LogP contribution in [0.3, 0.4) is 0 Å². The summed E-state index contributed by atoms with van der Waals surface area (Å²) in [5, 5.41) is 6.40. The molecule has 0 bridgehead atoms. The summed E-state index contributed by atoms with van der Waals surface area (Å²) >= 11 is 7.94. The monoisotopic (exact) mass is 309 g/mol. The van der Waals surface area contributed by atoms with Crippen molar-refractivity contribution < 1.29 is 4.74 Å². The first-order valence-corrected chi connectivity index (χ1v) is 8.09. The lowest BCUT2D eigenvalue weighted by Crippen LogP contribution is -2.22. The van der Waals surface area contributed by atoms with Crippen molar-refractivity contribution in [1.29, 1.82) is 0 Å². The molecule has 0 saturated carbocycles. The van der Waals surface area contributed by atoms with Gasteiger partial charge in [0.2, 0.25) is 0 Å². The number of hydrogen-bond acceptors (Lipinski definition) is 3. The number of ether oxygens (including phenoxy) is 1. The maximum atomic E-state index is 6.14. The van der Waals surface area contributed by atoms with Gasteiger partial charge in [-0.05, 0) is 49.0 Å². The molecular weight excluding hydrogens is 290 g/mol. The van der Waals surface area contributed by atoms with Crippen molar-refractivity contribution in [2.75, 3.05) is 13.7 Å². The maximum absolute atomic E-state index is 6.14. The van der Waals surface area contributed by atoms with Crippen molar-refractivity contribution in [2.24, 2.45) is 0 Å². The molecule has 1 aromatic carbocycles. The molecule has 0 fully saturated rings. The first-order valence-electron chi connectivity index (χ1n) is 6.83. The zero-order valence-electron chi connectivity index (χ0n) is 11.9. The lowest BCUT2D eigenvalue weighted by atomic mass is 10.0. The molecule has 0 amide bonds. The van der Waals surface area contributed by atoms with Gasteiger partial charge in [-0.2, -0.15) is 0 Å². The highest BCUT2D eigenvalue weighted by molar-refractivity contribution is 7.09. The van der Waals surface area contributed by atoms with Crippen LogP contribution in [-0.4, -0.2) is 13.7 Å². The van der Waals surface area contributed by atoms with E-state index >= 15 is 0 Å². The zero-order valence-corrected chi connectivity index (χ0v) is 13.4. The molecule has 0 aliphatic rings. The van der Waals surface area contributed by atoms with Gasteiger partial charge in [-0.25, -0.2) is 0 Å². The van der Waals surface area contributed by atoms with Gasteiger partial charge >= 0.3 is 0 Å². The van der Waals surface area contributed by atoms with E-state index < -0.39 is 0 Å². The topological polar surface area (TPSA) is 21.3 Å². The van der Waals surface area contributed by atoms with Gasteiger partial charge in [0.15, 0.2) is 0 Å². The molecule has 108 valence electrons. The van der Waals surface area contributed by atoms with Crippen LogP contribution in [0.4, 0.5) is 0 Å². The van der Waals surface area contributed by atoms with E-state index in [1.807, 2.05) is 18.2 Å². The molecule has 2 aromatic rings. The van der Waals surface area contributed by atoms with Crippen LogP contribution in [0, 0.1) is 0 Å². The second kappa shape index (κ2) is 7.67. The Balaban J connectivity index is 2.16.